The molecule has 0 heterocycles. The number of alkyl carbamates (subject to hydrolysis) is 1. The van der Waals surface area contributed by atoms with Crippen LogP contribution in [0.5, 0.6) is 0 Å². The number of hydrogen-bond donors (Lipinski definition) is 3. The Morgan fingerprint density at radius 1 is 1.31 bits per heavy atom. The molecular weight excluding hydrogens is 212 g/mol. The van der Waals surface area contributed by atoms with Crippen molar-refractivity contribution in [3.63, 3.8) is 0 Å². The van der Waals surface area contributed by atoms with Crippen molar-refractivity contribution in [3.05, 3.63) is 0 Å². The minimum absolute atomic E-state index is 0.0750. The Balaban J connectivity index is 3.69. The smallest absolute Gasteiger partial charge is 0.406 e. The maximum Gasteiger partial charge on any atom is 0.406 e. The Labute approximate surface area is 95.4 Å². The van der Waals surface area contributed by atoms with Crippen LogP contribution in [0.15, 0.2) is 0 Å². The summed E-state index contributed by atoms with van der Waals surface area (Å²) in [7, 11) is 1.32. The van der Waals surface area contributed by atoms with Gasteiger partial charge in [-0.25, -0.2) is 9.59 Å². The molecule has 0 radical (unpaired) electrons. The fourth-order valence-corrected chi connectivity index (χ4v) is 1.23. The van der Waals surface area contributed by atoms with Gasteiger partial charge in [0.1, 0.15) is 0 Å². The molecule has 0 atom stereocenters. The Kier molecular flexibility index (Phi) is 6.29. The zero-order valence-electron chi connectivity index (χ0n) is 10.0. The Morgan fingerprint density at radius 3 is 2.44 bits per heavy atom. The standard InChI is InChI=1S/C10H20N2O4/c1-10(2,7-12-9(15)16-3)5-4-6-11-8(13)14/h11H,4-7H2,1-3H3,(H,12,15)(H,13,14). The van der Waals surface area contributed by atoms with Gasteiger partial charge in [-0.15, -0.1) is 0 Å². The van der Waals surface area contributed by atoms with Crippen molar-refractivity contribution in [2.24, 2.45) is 5.41 Å². The van der Waals surface area contributed by atoms with Gasteiger partial charge >= 0.3 is 12.2 Å². The zero-order valence-corrected chi connectivity index (χ0v) is 10.0. The molecule has 0 rings (SSSR count). The van der Waals surface area contributed by atoms with E-state index in [1.165, 1.54) is 7.11 Å². The topological polar surface area (TPSA) is 87.7 Å². The minimum atomic E-state index is -1.01. The quantitative estimate of drug-likeness (QED) is 0.604. The second-order valence-electron chi connectivity index (χ2n) is 4.34. The van der Waals surface area contributed by atoms with E-state index in [-0.39, 0.29) is 5.41 Å². The number of carbonyl (C=O) groups excluding carboxylic acids is 1. The van der Waals surface area contributed by atoms with Crippen molar-refractivity contribution in [2.45, 2.75) is 26.7 Å². The third-order valence-corrected chi connectivity index (χ3v) is 2.20. The molecule has 0 aromatic carbocycles. The first-order valence-electron chi connectivity index (χ1n) is 5.16. The van der Waals surface area contributed by atoms with Crippen LogP contribution in [0.3, 0.4) is 0 Å². The highest BCUT2D eigenvalue weighted by molar-refractivity contribution is 5.66. The maximum absolute atomic E-state index is 10.9. The fraction of sp³-hybridized carbons (Fsp3) is 0.800. The van der Waals surface area contributed by atoms with Gasteiger partial charge in [-0.3, -0.25) is 0 Å². The second-order valence-corrected chi connectivity index (χ2v) is 4.34. The third kappa shape index (κ3) is 7.90. The number of carboxylic acid groups (broad SMARTS) is 1. The largest absolute Gasteiger partial charge is 0.465 e. The number of nitrogens with one attached hydrogen (secondary N) is 2. The predicted molar refractivity (Wildman–Crippen MR) is 59.5 cm³/mol. The lowest BCUT2D eigenvalue weighted by molar-refractivity contribution is 0.164. The third-order valence-electron chi connectivity index (χ3n) is 2.20. The molecule has 2 amide bonds. The van der Waals surface area contributed by atoms with E-state index in [1.807, 2.05) is 13.8 Å². The van der Waals surface area contributed by atoms with Crippen LogP contribution < -0.4 is 10.6 Å². The number of rotatable bonds is 6. The summed E-state index contributed by atoms with van der Waals surface area (Å²) in [6.45, 7) is 4.94. The lowest BCUT2D eigenvalue weighted by Crippen LogP contribution is -2.34. The summed E-state index contributed by atoms with van der Waals surface area (Å²) < 4.78 is 4.46. The molecule has 0 saturated carbocycles. The van der Waals surface area contributed by atoms with E-state index in [1.54, 1.807) is 0 Å². The summed E-state index contributed by atoms with van der Waals surface area (Å²) >= 11 is 0. The molecule has 6 nitrogen and oxygen atoms in total. The van der Waals surface area contributed by atoms with Gasteiger partial charge in [-0.1, -0.05) is 13.8 Å². The van der Waals surface area contributed by atoms with Crippen molar-refractivity contribution in [1.29, 1.82) is 0 Å². The van der Waals surface area contributed by atoms with Gasteiger partial charge < -0.3 is 20.5 Å². The molecule has 0 aliphatic carbocycles. The van der Waals surface area contributed by atoms with Crippen molar-refractivity contribution < 1.29 is 19.4 Å². The first kappa shape index (κ1) is 14.5. The van der Waals surface area contributed by atoms with Gasteiger partial charge in [0.2, 0.25) is 0 Å². The van der Waals surface area contributed by atoms with Gasteiger partial charge in [0, 0.05) is 13.1 Å². The van der Waals surface area contributed by atoms with Crippen LogP contribution >= 0.6 is 0 Å². The molecule has 3 N–H and O–H groups in total. The Bertz CT molecular complexity index is 241. The van der Waals surface area contributed by atoms with Crippen molar-refractivity contribution in [3.8, 4) is 0 Å². The molecule has 0 aromatic heterocycles. The highest BCUT2D eigenvalue weighted by atomic mass is 16.5. The molecule has 6 heteroatoms. The number of methoxy groups -OCH3 is 1. The van der Waals surface area contributed by atoms with Crippen LogP contribution in [0.1, 0.15) is 26.7 Å². The minimum Gasteiger partial charge on any atom is -0.465 e. The monoisotopic (exact) mass is 232 g/mol. The summed E-state index contributed by atoms with van der Waals surface area (Å²) in [6.07, 6.45) is 0.0987. The zero-order chi connectivity index (χ0) is 12.6. The van der Waals surface area contributed by atoms with Crippen molar-refractivity contribution >= 4 is 12.2 Å². The van der Waals surface area contributed by atoms with Crippen LogP contribution in [-0.4, -0.2) is 37.5 Å². The maximum atomic E-state index is 10.9. The highest BCUT2D eigenvalue weighted by Gasteiger charge is 2.18. The lowest BCUT2D eigenvalue weighted by atomic mass is 9.88. The van der Waals surface area contributed by atoms with Crippen molar-refractivity contribution in [2.75, 3.05) is 20.2 Å². The van der Waals surface area contributed by atoms with Gasteiger partial charge in [-0.2, -0.15) is 0 Å². The van der Waals surface area contributed by atoms with Gasteiger partial charge in [0.25, 0.3) is 0 Å². The fourth-order valence-electron chi connectivity index (χ4n) is 1.23. The molecule has 0 saturated heterocycles. The SMILES string of the molecule is COC(=O)NCC(C)(C)CCCNC(=O)O. The van der Waals surface area contributed by atoms with Crippen LogP contribution in [-0.2, 0) is 4.74 Å². The molecule has 16 heavy (non-hydrogen) atoms. The molecule has 0 aromatic rings. The normalized spacial score (nSPS) is 10.7. The van der Waals surface area contributed by atoms with Gasteiger partial charge in [0.05, 0.1) is 7.11 Å². The summed E-state index contributed by atoms with van der Waals surface area (Å²) in [5, 5.41) is 13.3. The van der Waals surface area contributed by atoms with E-state index < -0.39 is 12.2 Å². The van der Waals surface area contributed by atoms with E-state index in [0.717, 1.165) is 12.8 Å². The predicted octanol–water partition coefficient (Wildman–Crippen LogP) is 1.42. The van der Waals surface area contributed by atoms with Gasteiger partial charge in [-0.05, 0) is 18.3 Å². The molecular formula is C10H20N2O4. The van der Waals surface area contributed by atoms with Crippen molar-refractivity contribution in [1.82, 2.24) is 10.6 Å². The Morgan fingerprint density at radius 2 is 1.94 bits per heavy atom. The van der Waals surface area contributed by atoms with Gasteiger partial charge in [0.15, 0.2) is 0 Å². The summed E-state index contributed by atoms with van der Waals surface area (Å²) in [5.41, 5.74) is -0.0750. The lowest BCUT2D eigenvalue weighted by Gasteiger charge is -2.24. The van der Waals surface area contributed by atoms with Crippen LogP contribution in [0.2, 0.25) is 0 Å². The van der Waals surface area contributed by atoms with Crippen LogP contribution in [0, 0.1) is 5.41 Å². The number of hydrogen-bond acceptors (Lipinski definition) is 3. The average molecular weight is 232 g/mol. The molecule has 0 aliphatic heterocycles. The van der Waals surface area contributed by atoms with E-state index >= 15 is 0 Å². The van der Waals surface area contributed by atoms with E-state index in [4.69, 9.17) is 5.11 Å². The second kappa shape index (κ2) is 6.92. The first-order chi connectivity index (χ1) is 7.37. The first-order valence-corrected chi connectivity index (χ1v) is 5.16. The number of carbonyl (C=O) groups is 2. The average Bonchev–Trinajstić information content (AvgIpc) is 2.21. The van der Waals surface area contributed by atoms with E-state index in [2.05, 4.69) is 15.4 Å². The molecule has 0 unspecified atom stereocenters. The van der Waals surface area contributed by atoms with Crippen LogP contribution in [0.4, 0.5) is 9.59 Å². The number of amides is 2. The number of ether oxygens (including phenoxy) is 1. The highest BCUT2D eigenvalue weighted by Crippen LogP contribution is 2.20. The van der Waals surface area contributed by atoms with Crippen LogP contribution in [0.25, 0.3) is 0 Å². The molecule has 0 bridgehead atoms. The molecule has 0 spiro atoms. The molecule has 0 fully saturated rings. The molecule has 0 aliphatic rings. The molecule has 94 valence electrons. The Hall–Kier alpha value is -1.46. The summed E-state index contributed by atoms with van der Waals surface area (Å²) in [6, 6.07) is 0. The summed E-state index contributed by atoms with van der Waals surface area (Å²) in [4.78, 5) is 21.0. The summed E-state index contributed by atoms with van der Waals surface area (Å²) in [5.74, 6) is 0. The van der Waals surface area contributed by atoms with E-state index in [0.29, 0.717) is 13.1 Å². The van der Waals surface area contributed by atoms with E-state index in [9.17, 15) is 9.59 Å².